The minimum absolute atomic E-state index is 0.616. The molecule has 0 radical (unpaired) electrons. The largest absolute Gasteiger partial charge is 0.358 e. The fourth-order valence-electron chi connectivity index (χ4n) is 4.21. The van der Waals surface area contributed by atoms with Gasteiger partial charge in [0.25, 0.3) is 0 Å². The lowest BCUT2D eigenvalue weighted by Crippen LogP contribution is -2.38. The minimum atomic E-state index is 0.616. The van der Waals surface area contributed by atoms with Crippen molar-refractivity contribution >= 4 is 0 Å². The quantitative estimate of drug-likeness (QED) is 0.746. The molecular formula is C22H24N6. The highest BCUT2D eigenvalue weighted by atomic mass is 15.5. The van der Waals surface area contributed by atoms with E-state index in [9.17, 15) is 0 Å². The molecule has 5 rings (SSSR count). The third-order valence-corrected chi connectivity index (χ3v) is 5.85. The normalized spacial score (nSPS) is 18.5. The maximum Gasteiger partial charge on any atom is 0.204 e. The van der Waals surface area contributed by atoms with Crippen LogP contribution in [0.3, 0.4) is 0 Å². The number of benzene rings is 2. The Hall–Kier alpha value is -3.15. The second-order valence-corrected chi connectivity index (χ2v) is 7.61. The minimum Gasteiger partial charge on any atom is -0.358 e. The van der Waals surface area contributed by atoms with Gasteiger partial charge in [-0.3, -0.25) is 0 Å². The van der Waals surface area contributed by atoms with Crippen LogP contribution in [-0.2, 0) is 19.3 Å². The summed E-state index contributed by atoms with van der Waals surface area (Å²) in [6.45, 7) is 2.02. The van der Waals surface area contributed by atoms with E-state index < -0.39 is 0 Å². The van der Waals surface area contributed by atoms with Gasteiger partial charge in [-0.25, -0.2) is 0 Å². The molecule has 0 fully saturated rings. The second kappa shape index (κ2) is 7.46. The first-order valence-corrected chi connectivity index (χ1v) is 9.93. The predicted molar refractivity (Wildman–Crippen MR) is 108 cm³/mol. The fraction of sp³-hybridized carbons (Fsp3) is 0.318. The van der Waals surface area contributed by atoms with Crippen LogP contribution in [0.5, 0.6) is 0 Å². The van der Waals surface area contributed by atoms with Crippen molar-refractivity contribution in [3.63, 3.8) is 0 Å². The van der Waals surface area contributed by atoms with Crippen LogP contribution in [0.1, 0.15) is 23.1 Å². The number of fused-ring (bicyclic) bond motifs is 1. The molecule has 2 heterocycles. The third kappa shape index (κ3) is 3.50. The molecule has 0 saturated heterocycles. The first-order valence-electron chi connectivity index (χ1n) is 9.93. The van der Waals surface area contributed by atoms with Gasteiger partial charge < -0.3 is 9.80 Å². The first kappa shape index (κ1) is 17.0. The van der Waals surface area contributed by atoms with Crippen molar-refractivity contribution in [2.75, 3.05) is 13.2 Å². The highest BCUT2D eigenvalue weighted by Gasteiger charge is 2.25. The fourth-order valence-corrected chi connectivity index (χ4v) is 4.21. The Kier molecular flexibility index (Phi) is 4.53. The lowest BCUT2D eigenvalue weighted by atomic mass is 9.88. The molecule has 1 unspecified atom stereocenters. The summed E-state index contributed by atoms with van der Waals surface area (Å²) in [4.78, 5) is 4.92. The number of aromatic nitrogens is 4. The Balaban J connectivity index is 1.14. The van der Waals surface area contributed by atoms with E-state index in [2.05, 4.69) is 91.4 Å². The lowest BCUT2D eigenvalue weighted by Gasteiger charge is -2.33. The first-order chi connectivity index (χ1) is 13.8. The number of hydrogen-bond donors (Lipinski definition) is 1. The van der Waals surface area contributed by atoms with Gasteiger partial charge in [-0.2, -0.15) is 5.21 Å². The SMILES string of the molecule is C1=CN(C2CCc3ccccc3C2)CN1CCc1ccc(-c2nn[nH]n2)cc1. The van der Waals surface area contributed by atoms with Gasteiger partial charge in [0.15, 0.2) is 0 Å². The van der Waals surface area contributed by atoms with Crippen LogP contribution in [0.2, 0.25) is 0 Å². The molecule has 1 aromatic heterocycles. The molecule has 0 bridgehead atoms. The van der Waals surface area contributed by atoms with E-state index >= 15 is 0 Å². The van der Waals surface area contributed by atoms with Crippen LogP contribution in [0.4, 0.5) is 0 Å². The van der Waals surface area contributed by atoms with Crippen molar-refractivity contribution in [1.29, 1.82) is 0 Å². The van der Waals surface area contributed by atoms with Crippen LogP contribution in [0, 0.1) is 0 Å². The summed E-state index contributed by atoms with van der Waals surface area (Å²) in [6.07, 6.45) is 9.14. The van der Waals surface area contributed by atoms with Crippen molar-refractivity contribution in [2.24, 2.45) is 0 Å². The Morgan fingerprint density at radius 2 is 1.86 bits per heavy atom. The molecule has 3 aromatic rings. The van der Waals surface area contributed by atoms with E-state index in [0.29, 0.717) is 11.9 Å². The molecule has 1 aliphatic carbocycles. The third-order valence-electron chi connectivity index (χ3n) is 5.85. The van der Waals surface area contributed by atoms with Gasteiger partial charge in [-0.15, -0.1) is 10.2 Å². The number of nitrogens with one attached hydrogen (secondary N) is 1. The molecule has 1 N–H and O–H groups in total. The molecule has 0 amide bonds. The van der Waals surface area contributed by atoms with Gasteiger partial charge >= 0.3 is 0 Å². The summed E-state index contributed by atoms with van der Waals surface area (Å²) in [6, 6.07) is 17.9. The van der Waals surface area contributed by atoms with Gasteiger partial charge in [0.1, 0.15) is 0 Å². The standard InChI is InChI=1S/C22H24N6/c1-2-4-20-15-21(10-9-18(20)3-1)28-14-13-27(16-28)12-11-17-5-7-19(8-6-17)22-23-25-26-24-22/h1-8,13-14,21H,9-12,15-16H2,(H,23,24,25,26). The predicted octanol–water partition coefficient (Wildman–Crippen LogP) is 3.01. The van der Waals surface area contributed by atoms with Crippen molar-refractivity contribution in [1.82, 2.24) is 30.4 Å². The topological polar surface area (TPSA) is 60.9 Å². The number of aromatic amines is 1. The monoisotopic (exact) mass is 372 g/mol. The van der Waals surface area contributed by atoms with Crippen LogP contribution >= 0.6 is 0 Å². The van der Waals surface area contributed by atoms with Crippen LogP contribution in [0.25, 0.3) is 11.4 Å². The molecule has 0 spiro atoms. The van der Waals surface area contributed by atoms with E-state index in [4.69, 9.17) is 0 Å². The van der Waals surface area contributed by atoms with Crippen molar-refractivity contribution < 1.29 is 0 Å². The zero-order chi connectivity index (χ0) is 18.8. The zero-order valence-corrected chi connectivity index (χ0v) is 15.8. The number of nitrogens with zero attached hydrogens (tertiary/aromatic N) is 5. The van der Waals surface area contributed by atoms with Gasteiger partial charge in [-0.05, 0) is 47.6 Å². The number of tetrazole rings is 1. The van der Waals surface area contributed by atoms with E-state index in [1.807, 2.05) is 0 Å². The summed E-state index contributed by atoms with van der Waals surface area (Å²) in [7, 11) is 0. The van der Waals surface area contributed by atoms with E-state index in [0.717, 1.165) is 31.6 Å². The highest BCUT2D eigenvalue weighted by Crippen LogP contribution is 2.26. The Bertz CT molecular complexity index is 947. The molecule has 6 nitrogen and oxygen atoms in total. The van der Waals surface area contributed by atoms with Gasteiger partial charge in [0.2, 0.25) is 5.82 Å². The maximum atomic E-state index is 4.02. The molecular weight excluding hydrogens is 348 g/mol. The Labute approximate surface area is 164 Å². The maximum absolute atomic E-state index is 4.02. The van der Waals surface area contributed by atoms with Gasteiger partial charge in [0.05, 0.1) is 6.67 Å². The summed E-state index contributed by atoms with van der Waals surface area (Å²) in [5.41, 5.74) is 5.36. The molecule has 1 aliphatic heterocycles. The Morgan fingerprint density at radius 3 is 2.68 bits per heavy atom. The zero-order valence-electron chi connectivity index (χ0n) is 15.8. The van der Waals surface area contributed by atoms with Crippen LogP contribution in [-0.4, -0.2) is 49.7 Å². The van der Waals surface area contributed by atoms with Gasteiger partial charge in [0, 0.05) is 30.5 Å². The molecule has 2 aromatic carbocycles. The smallest absolute Gasteiger partial charge is 0.204 e. The summed E-state index contributed by atoms with van der Waals surface area (Å²) >= 11 is 0. The number of hydrogen-bond acceptors (Lipinski definition) is 5. The summed E-state index contributed by atoms with van der Waals surface area (Å²) in [5, 5.41) is 14.1. The second-order valence-electron chi connectivity index (χ2n) is 7.61. The van der Waals surface area contributed by atoms with E-state index in [-0.39, 0.29) is 0 Å². The highest BCUT2D eigenvalue weighted by molar-refractivity contribution is 5.54. The van der Waals surface area contributed by atoms with Crippen molar-refractivity contribution in [3.05, 3.63) is 77.6 Å². The average molecular weight is 372 g/mol. The van der Waals surface area contributed by atoms with Gasteiger partial charge in [-0.1, -0.05) is 48.5 Å². The number of aryl methyl sites for hydroxylation is 1. The lowest BCUT2D eigenvalue weighted by molar-refractivity contribution is 0.198. The molecule has 1 atom stereocenters. The van der Waals surface area contributed by atoms with Crippen LogP contribution < -0.4 is 0 Å². The number of H-pyrrole nitrogens is 1. The molecule has 28 heavy (non-hydrogen) atoms. The number of rotatable bonds is 5. The van der Waals surface area contributed by atoms with E-state index in [1.54, 1.807) is 0 Å². The van der Waals surface area contributed by atoms with E-state index in [1.165, 1.54) is 29.5 Å². The summed E-state index contributed by atoms with van der Waals surface area (Å²) in [5.74, 6) is 0.638. The molecule has 2 aliphatic rings. The van der Waals surface area contributed by atoms with Crippen molar-refractivity contribution in [2.45, 2.75) is 31.7 Å². The molecule has 0 saturated carbocycles. The molecule has 142 valence electrons. The van der Waals surface area contributed by atoms with Crippen LogP contribution in [0.15, 0.2) is 60.9 Å². The summed E-state index contributed by atoms with van der Waals surface area (Å²) < 4.78 is 0. The molecule has 6 heteroatoms. The Morgan fingerprint density at radius 1 is 1.00 bits per heavy atom. The van der Waals surface area contributed by atoms with Crippen molar-refractivity contribution in [3.8, 4) is 11.4 Å². The average Bonchev–Trinajstić information content (AvgIpc) is 3.45.